The summed E-state index contributed by atoms with van der Waals surface area (Å²) in [5.41, 5.74) is -4.61. The van der Waals surface area contributed by atoms with E-state index < -0.39 is 110 Å². The molecule has 18 atom stereocenters. The van der Waals surface area contributed by atoms with Crippen LogP contribution in [0.2, 0.25) is 5.04 Å². The maximum Gasteiger partial charge on any atom is 0.311 e. The zero-order valence-electron chi connectivity index (χ0n) is 54.9. The first-order valence-corrected chi connectivity index (χ1v) is 33.2. The number of hydrogen-bond donors (Lipinski definition) is 4. The molecule has 0 spiro atoms. The molecule has 3 aliphatic heterocycles. The number of ether oxygens (including phenoxy) is 11. The van der Waals surface area contributed by atoms with E-state index in [4.69, 9.17) is 56.5 Å². The Hall–Kier alpha value is -3.04. The lowest BCUT2D eigenvalue weighted by atomic mass is 9.77. The van der Waals surface area contributed by atoms with Gasteiger partial charge in [-0.2, -0.15) is 0 Å². The van der Waals surface area contributed by atoms with E-state index in [0.717, 1.165) is 0 Å². The van der Waals surface area contributed by atoms with Crippen molar-refractivity contribution in [2.75, 3.05) is 94.3 Å². The van der Waals surface area contributed by atoms with Crippen LogP contribution in [0.3, 0.4) is 0 Å². The lowest BCUT2D eigenvalue weighted by Gasteiger charge is -2.49. The number of likely N-dealkylation sites (N-methyl/N-ethyl adjacent to an activating group) is 2. The molecule has 4 N–H and O–H groups in total. The molecule has 3 fully saturated rings. The Morgan fingerprint density at radius 3 is 1.80 bits per heavy atom. The second kappa shape index (κ2) is 33.3. The number of aliphatic hydroxyl groups excluding tert-OH is 2. The fourth-order valence-electron chi connectivity index (χ4n) is 13.0. The van der Waals surface area contributed by atoms with Gasteiger partial charge in [-0.05, 0) is 110 Å². The van der Waals surface area contributed by atoms with E-state index in [-0.39, 0.29) is 68.6 Å². The Kier molecular flexibility index (Phi) is 28.6. The lowest BCUT2D eigenvalue weighted by molar-refractivity contribution is -0.319. The first kappa shape index (κ1) is 73.7. The number of methoxy groups -OCH3 is 1. The third-order valence-electron chi connectivity index (χ3n) is 18.0. The quantitative estimate of drug-likeness (QED) is 0.0519. The number of cyclic esters (lactones) is 1. The van der Waals surface area contributed by atoms with E-state index in [2.05, 4.69) is 69.3 Å². The molecule has 0 amide bonds. The molecule has 2 aromatic rings. The maximum atomic E-state index is 14.6. The highest BCUT2D eigenvalue weighted by atomic mass is 28.4. The second-order valence-electron chi connectivity index (χ2n) is 26.3. The smallest absolute Gasteiger partial charge is 0.311 e. The van der Waals surface area contributed by atoms with Crippen molar-refractivity contribution in [2.24, 2.45) is 17.8 Å². The van der Waals surface area contributed by atoms with E-state index >= 15 is 0 Å². The van der Waals surface area contributed by atoms with Gasteiger partial charge in [0.25, 0.3) is 8.32 Å². The molecule has 5 rings (SSSR count). The summed E-state index contributed by atoms with van der Waals surface area (Å²) in [5, 5.41) is 50.2. The maximum absolute atomic E-state index is 14.6. The predicted molar refractivity (Wildman–Crippen MR) is 330 cm³/mol. The summed E-state index contributed by atoms with van der Waals surface area (Å²) >= 11 is 0. The molecular weight excluding hydrogens is 1120 g/mol. The molecule has 2 aromatic carbocycles. The SMILES string of the molecule is CC[C@H]1OC(=O)[C@H](C)[C@@H](O[C@H]2C[C@@](C)(OC)[C@@H](O)[C@H](C)O2)[C@H](C)[C@@H](O[C@@H]2O[C@H](C)C[C@H](N(C)C)[C@H]2OC(=O)CCOCCOCCOCCOCCO[Si](c2ccccc2)(c2ccccc2)C(C)(C)C)[C@](C)(O)C[C@@H](C)CN(C)[C@H](C)[C@@H](O)[C@]1(C)O. The first-order chi connectivity index (χ1) is 40.4. The van der Waals surface area contributed by atoms with Crippen LogP contribution in [0, 0.1) is 17.8 Å². The summed E-state index contributed by atoms with van der Waals surface area (Å²) in [6.07, 6.45) is -9.15. The highest BCUT2D eigenvalue weighted by Gasteiger charge is 2.54. The molecule has 3 heterocycles. The normalized spacial score (nSPS) is 35.0. The van der Waals surface area contributed by atoms with Crippen LogP contribution >= 0.6 is 0 Å². The van der Waals surface area contributed by atoms with Crippen LogP contribution in [0.15, 0.2) is 60.7 Å². The van der Waals surface area contributed by atoms with E-state index in [0.29, 0.717) is 52.6 Å². The average Bonchev–Trinajstić information content (AvgIpc) is 1.21. The topological polar surface area (TPSA) is 232 Å². The van der Waals surface area contributed by atoms with Gasteiger partial charge in [0.1, 0.15) is 23.9 Å². The van der Waals surface area contributed by atoms with Crippen LogP contribution in [0.5, 0.6) is 0 Å². The number of hydrogen-bond acceptors (Lipinski definition) is 20. The Bertz CT molecular complexity index is 2260. The van der Waals surface area contributed by atoms with Gasteiger partial charge in [-0.3, -0.25) is 9.59 Å². The van der Waals surface area contributed by atoms with E-state index in [9.17, 15) is 30.0 Å². The number of esters is 2. The van der Waals surface area contributed by atoms with Gasteiger partial charge < -0.3 is 86.8 Å². The standard InChI is InChI=1S/C65H110N2O18Si/c1-18-52-65(13,73)57(69)47(6)67(16)42-43(2)40-63(11,72)59(45(4)55(46(5)60(71)82-52)84-54-41-64(12,74-17)58(70)48(7)81-54)85-61-56(51(66(14)15)39-44(3)80-61)83-53(68)29-30-75-31-32-76-33-34-77-35-36-78-37-38-79-86(62(8,9)10,49-25-21-19-22-26-49)50-27-23-20-24-28-50/h19-28,43-48,51-52,54-59,61,69-70,72-73H,18,29-42H2,1-17H3/t43-,44-,45+,46-,47-,48+,51+,52-,54+,55+,56-,57-,58+,59-,61+,63-,64-,65-/m1/s1. The first-order valence-electron chi connectivity index (χ1n) is 31.3. The van der Waals surface area contributed by atoms with Crippen molar-refractivity contribution in [3.05, 3.63) is 60.7 Å². The summed E-state index contributed by atoms with van der Waals surface area (Å²) in [7, 11) is 4.48. The Labute approximate surface area is 515 Å². The molecule has 0 aromatic heterocycles. The van der Waals surface area contributed by atoms with Crippen molar-refractivity contribution in [2.45, 2.75) is 217 Å². The summed E-state index contributed by atoms with van der Waals surface area (Å²) in [5.74, 6) is -3.43. The summed E-state index contributed by atoms with van der Waals surface area (Å²) in [6, 6.07) is 20.1. The minimum atomic E-state index is -2.64. The Balaban J connectivity index is 1.21. The molecule has 86 heavy (non-hydrogen) atoms. The molecule has 492 valence electrons. The summed E-state index contributed by atoms with van der Waals surface area (Å²) < 4.78 is 75.3. The van der Waals surface area contributed by atoms with Crippen LogP contribution in [-0.2, 0) is 66.1 Å². The third-order valence-corrected chi connectivity index (χ3v) is 23.0. The van der Waals surface area contributed by atoms with Crippen molar-refractivity contribution in [3.63, 3.8) is 0 Å². The van der Waals surface area contributed by atoms with Crippen LogP contribution in [0.1, 0.15) is 122 Å². The van der Waals surface area contributed by atoms with E-state index in [1.54, 1.807) is 41.5 Å². The molecule has 3 saturated heterocycles. The van der Waals surface area contributed by atoms with Gasteiger partial charge in [-0.15, -0.1) is 0 Å². The van der Waals surface area contributed by atoms with Crippen molar-refractivity contribution in [1.29, 1.82) is 0 Å². The summed E-state index contributed by atoms with van der Waals surface area (Å²) in [4.78, 5) is 32.3. The minimum absolute atomic E-state index is 0.0661. The average molecular weight is 1240 g/mol. The molecule has 0 bridgehead atoms. The second-order valence-corrected chi connectivity index (χ2v) is 30.6. The molecular formula is C65H110N2O18Si. The number of carbonyl (C=O) groups excluding carboxylic acids is 2. The number of carbonyl (C=O) groups is 2. The predicted octanol–water partition coefficient (Wildman–Crippen LogP) is 5.48. The van der Waals surface area contributed by atoms with Gasteiger partial charge in [0.2, 0.25) is 0 Å². The van der Waals surface area contributed by atoms with Gasteiger partial charge in [0, 0.05) is 32.0 Å². The number of aliphatic hydroxyl groups is 4. The van der Waals surface area contributed by atoms with Crippen molar-refractivity contribution >= 4 is 30.6 Å². The molecule has 0 aliphatic carbocycles. The monoisotopic (exact) mass is 1230 g/mol. The molecule has 3 aliphatic rings. The number of benzene rings is 2. The molecule has 0 saturated carbocycles. The molecule has 0 unspecified atom stereocenters. The van der Waals surface area contributed by atoms with Crippen LogP contribution in [0.4, 0.5) is 0 Å². The number of nitrogens with zero attached hydrogens (tertiary/aromatic N) is 2. The third kappa shape index (κ3) is 19.3. The van der Waals surface area contributed by atoms with Gasteiger partial charge >= 0.3 is 11.9 Å². The molecule has 20 nitrogen and oxygen atoms in total. The highest BCUT2D eigenvalue weighted by molar-refractivity contribution is 6.99. The van der Waals surface area contributed by atoms with E-state index in [1.807, 2.05) is 63.8 Å². The molecule has 0 radical (unpaired) electrons. The van der Waals surface area contributed by atoms with Gasteiger partial charge in [0.05, 0.1) is 113 Å². The van der Waals surface area contributed by atoms with Gasteiger partial charge in [-0.1, -0.05) is 102 Å². The van der Waals surface area contributed by atoms with Crippen molar-refractivity contribution in [3.8, 4) is 0 Å². The lowest BCUT2D eigenvalue weighted by Crippen LogP contribution is -2.66. The fourth-order valence-corrected chi connectivity index (χ4v) is 17.5. The zero-order valence-corrected chi connectivity index (χ0v) is 55.9. The van der Waals surface area contributed by atoms with E-state index in [1.165, 1.54) is 24.4 Å². The van der Waals surface area contributed by atoms with Crippen LogP contribution < -0.4 is 10.4 Å². The minimum Gasteiger partial charge on any atom is -0.459 e. The number of rotatable bonds is 26. The van der Waals surface area contributed by atoms with Crippen molar-refractivity contribution in [1.82, 2.24) is 9.80 Å². The highest BCUT2D eigenvalue weighted by Crippen LogP contribution is 2.41. The molecule has 21 heteroatoms. The summed E-state index contributed by atoms with van der Waals surface area (Å²) in [6.45, 7) is 27.7. The fraction of sp³-hybridized carbons (Fsp3) is 0.785. The van der Waals surface area contributed by atoms with Crippen LogP contribution in [-0.4, -0.2) is 235 Å². The van der Waals surface area contributed by atoms with Gasteiger partial charge in [-0.25, -0.2) is 0 Å². The van der Waals surface area contributed by atoms with Crippen molar-refractivity contribution < 1.29 is 86.5 Å². The Morgan fingerprint density at radius 1 is 0.756 bits per heavy atom. The van der Waals surface area contributed by atoms with Gasteiger partial charge in [0.15, 0.2) is 18.7 Å². The zero-order chi connectivity index (χ0) is 63.8. The van der Waals surface area contributed by atoms with Crippen LogP contribution in [0.25, 0.3) is 0 Å². The largest absolute Gasteiger partial charge is 0.459 e. The Morgan fingerprint density at radius 2 is 1.29 bits per heavy atom.